The first kappa shape index (κ1) is 15.0. The molecule has 1 aromatic rings. The van der Waals surface area contributed by atoms with Crippen molar-refractivity contribution in [1.82, 2.24) is 5.32 Å². The van der Waals surface area contributed by atoms with Crippen molar-refractivity contribution < 1.29 is 4.39 Å². The first-order chi connectivity index (χ1) is 10.3. The molecule has 0 amide bonds. The Labute approximate surface area is 128 Å². The van der Waals surface area contributed by atoms with Crippen molar-refractivity contribution in [3.63, 3.8) is 0 Å². The van der Waals surface area contributed by atoms with E-state index >= 15 is 0 Å². The van der Waals surface area contributed by atoms with Crippen molar-refractivity contribution in [2.24, 2.45) is 23.7 Å². The quantitative estimate of drug-likeness (QED) is 0.783. The predicted molar refractivity (Wildman–Crippen MR) is 85.7 cm³/mol. The molecule has 2 aliphatic carbocycles. The summed E-state index contributed by atoms with van der Waals surface area (Å²) in [4.78, 5) is 0. The van der Waals surface area contributed by atoms with Crippen LogP contribution in [0.1, 0.15) is 44.6 Å². The minimum Gasteiger partial charge on any atom is -0.317 e. The van der Waals surface area contributed by atoms with E-state index in [0.29, 0.717) is 5.92 Å². The Morgan fingerprint density at radius 3 is 2.76 bits per heavy atom. The fourth-order valence-corrected chi connectivity index (χ4v) is 4.66. The van der Waals surface area contributed by atoms with Gasteiger partial charge in [-0.2, -0.15) is 0 Å². The van der Waals surface area contributed by atoms with Crippen LogP contribution in [-0.2, 0) is 6.42 Å². The molecule has 0 aromatic heterocycles. The van der Waals surface area contributed by atoms with Gasteiger partial charge < -0.3 is 5.32 Å². The summed E-state index contributed by atoms with van der Waals surface area (Å²) >= 11 is 0. The summed E-state index contributed by atoms with van der Waals surface area (Å²) in [5, 5.41) is 3.48. The van der Waals surface area contributed by atoms with Gasteiger partial charge in [0.1, 0.15) is 5.82 Å². The fraction of sp³-hybridized carbons (Fsp3) is 0.684. The maximum Gasteiger partial charge on any atom is 0.126 e. The van der Waals surface area contributed by atoms with Crippen LogP contribution in [-0.4, -0.2) is 13.1 Å². The maximum atomic E-state index is 13.9. The van der Waals surface area contributed by atoms with Crippen LogP contribution in [0.4, 0.5) is 4.39 Å². The highest BCUT2D eigenvalue weighted by Crippen LogP contribution is 2.50. The number of nitrogens with one attached hydrogen (secondary N) is 1. The van der Waals surface area contributed by atoms with Gasteiger partial charge in [-0.1, -0.05) is 31.5 Å². The van der Waals surface area contributed by atoms with Crippen molar-refractivity contribution >= 4 is 0 Å². The molecule has 1 N–H and O–H groups in total. The molecule has 0 spiro atoms. The fourth-order valence-electron chi connectivity index (χ4n) is 4.66. The average Bonchev–Trinajstić information content (AvgIpc) is 3.09. The third-order valence-corrected chi connectivity index (χ3v) is 5.67. The Morgan fingerprint density at radius 1 is 1.24 bits per heavy atom. The predicted octanol–water partition coefficient (Wildman–Crippen LogP) is 4.42. The monoisotopic (exact) mass is 289 g/mol. The standard InChI is InChI=1S/C19H28FN/c1-2-21-13-15(11-17-5-3-4-6-19(17)20)12-18-10-14-7-8-16(18)9-14/h3-6,14-16,18,21H,2,7-13H2,1H3. The molecular weight excluding hydrogens is 261 g/mol. The molecule has 1 nitrogen and oxygen atoms in total. The minimum absolute atomic E-state index is 0.0352. The molecule has 0 heterocycles. The van der Waals surface area contributed by atoms with E-state index in [4.69, 9.17) is 0 Å². The molecule has 2 fully saturated rings. The van der Waals surface area contributed by atoms with Crippen LogP contribution in [0.25, 0.3) is 0 Å². The molecule has 3 rings (SSSR count). The Kier molecular flexibility index (Phi) is 4.95. The maximum absolute atomic E-state index is 13.9. The highest BCUT2D eigenvalue weighted by atomic mass is 19.1. The van der Waals surface area contributed by atoms with Crippen LogP contribution in [0.15, 0.2) is 24.3 Å². The lowest BCUT2D eigenvalue weighted by Crippen LogP contribution is -2.27. The molecule has 0 saturated heterocycles. The summed E-state index contributed by atoms with van der Waals surface area (Å²) < 4.78 is 13.9. The zero-order valence-corrected chi connectivity index (χ0v) is 13.2. The molecule has 21 heavy (non-hydrogen) atoms. The van der Waals surface area contributed by atoms with E-state index < -0.39 is 0 Å². The van der Waals surface area contributed by atoms with Gasteiger partial charge in [0.15, 0.2) is 0 Å². The molecule has 0 radical (unpaired) electrons. The summed E-state index contributed by atoms with van der Waals surface area (Å²) in [7, 11) is 0. The molecule has 2 aliphatic rings. The van der Waals surface area contributed by atoms with Crippen molar-refractivity contribution in [2.45, 2.75) is 45.4 Å². The highest BCUT2D eigenvalue weighted by Gasteiger charge is 2.40. The summed E-state index contributed by atoms with van der Waals surface area (Å²) in [6, 6.07) is 7.29. The van der Waals surface area contributed by atoms with Gasteiger partial charge in [-0.05, 0) is 80.5 Å². The number of benzene rings is 1. The number of halogens is 1. The van der Waals surface area contributed by atoms with E-state index in [0.717, 1.165) is 42.8 Å². The first-order valence-corrected chi connectivity index (χ1v) is 8.70. The Hall–Kier alpha value is -0.890. The van der Waals surface area contributed by atoms with Gasteiger partial charge in [0.05, 0.1) is 0 Å². The van der Waals surface area contributed by atoms with Crippen LogP contribution < -0.4 is 5.32 Å². The summed E-state index contributed by atoms with van der Waals surface area (Å²) in [6.45, 7) is 4.18. The second kappa shape index (κ2) is 6.91. The van der Waals surface area contributed by atoms with E-state index in [-0.39, 0.29) is 5.82 Å². The first-order valence-electron chi connectivity index (χ1n) is 8.70. The zero-order valence-electron chi connectivity index (χ0n) is 13.2. The summed E-state index contributed by atoms with van der Waals surface area (Å²) in [5.74, 6) is 3.42. The molecule has 2 bridgehead atoms. The van der Waals surface area contributed by atoms with Crippen molar-refractivity contribution in [3.05, 3.63) is 35.6 Å². The Balaban J connectivity index is 1.62. The van der Waals surface area contributed by atoms with Gasteiger partial charge in [-0.25, -0.2) is 4.39 Å². The lowest BCUT2D eigenvalue weighted by Gasteiger charge is -2.27. The third kappa shape index (κ3) is 3.66. The van der Waals surface area contributed by atoms with Crippen molar-refractivity contribution in [3.8, 4) is 0 Å². The smallest absolute Gasteiger partial charge is 0.126 e. The van der Waals surface area contributed by atoms with E-state index in [1.165, 1.54) is 32.1 Å². The van der Waals surface area contributed by atoms with E-state index in [9.17, 15) is 4.39 Å². The number of hydrogen-bond donors (Lipinski definition) is 1. The number of rotatable bonds is 7. The molecular formula is C19H28FN. The molecule has 0 aliphatic heterocycles. The SMILES string of the molecule is CCNCC(Cc1ccccc1F)CC1CC2CCC1C2. The van der Waals surface area contributed by atoms with Crippen molar-refractivity contribution in [2.75, 3.05) is 13.1 Å². The summed E-state index contributed by atoms with van der Waals surface area (Å²) in [6.07, 6.45) is 7.98. The second-order valence-corrected chi connectivity index (χ2v) is 7.14. The van der Waals surface area contributed by atoms with Gasteiger partial charge in [0, 0.05) is 0 Å². The topological polar surface area (TPSA) is 12.0 Å². The Bertz CT molecular complexity index is 459. The van der Waals surface area contributed by atoms with E-state index in [2.05, 4.69) is 12.2 Å². The van der Waals surface area contributed by atoms with Gasteiger partial charge in [-0.3, -0.25) is 0 Å². The van der Waals surface area contributed by atoms with E-state index in [1.807, 2.05) is 12.1 Å². The van der Waals surface area contributed by atoms with Gasteiger partial charge >= 0.3 is 0 Å². The second-order valence-electron chi connectivity index (χ2n) is 7.14. The molecule has 2 heteroatoms. The number of fused-ring (bicyclic) bond motifs is 2. The largest absolute Gasteiger partial charge is 0.317 e. The van der Waals surface area contributed by atoms with Crippen LogP contribution in [0.5, 0.6) is 0 Å². The van der Waals surface area contributed by atoms with E-state index in [1.54, 1.807) is 12.1 Å². The van der Waals surface area contributed by atoms with Crippen LogP contribution in [0, 0.1) is 29.5 Å². The van der Waals surface area contributed by atoms with Gasteiger partial charge in [-0.15, -0.1) is 0 Å². The third-order valence-electron chi connectivity index (χ3n) is 5.67. The molecule has 4 atom stereocenters. The average molecular weight is 289 g/mol. The normalized spacial score (nSPS) is 29.0. The zero-order chi connectivity index (χ0) is 14.7. The lowest BCUT2D eigenvalue weighted by molar-refractivity contribution is 0.261. The lowest BCUT2D eigenvalue weighted by atomic mass is 9.80. The van der Waals surface area contributed by atoms with Gasteiger partial charge in [0.25, 0.3) is 0 Å². The highest BCUT2D eigenvalue weighted by molar-refractivity contribution is 5.18. The molecule has 116 valence electrons. The molecule has 4 unspecified atom stereocenters. The Morgan fingerprint density at radius 2 is 2.10 bits per heavy atom. The van der Waals surface area contributed by atoms with Crippen LogP contribution >= 0.6 is 0 Å². The van der Waals surface area contributed by atoms with Gasteiger partial charge in [0.2, 0.25) is 0 Å². The number of hydrogen-bond acceptors (Lipinski definition) is 1. The summed E-state index contributed by atoms with van der Waals surface area (Å²) in [5.41, 5.74) is 0.892. The van der Waals surface area contributed by atoms with Crippen LogP contribution in [0.3, 0.4) is 0 Å². The molecule has 1 aromatic carbocycles. The molecule has 2 saturated carbocycles. The van der Waals surface area contributed by atoms with Crippen LogP contribution in [0.2, 0.25) is 0 Å². The van der Waals surface area contributed by atoms with Crippen molar-refractivity contribution in [1.29, 1.82) is 0 Å². The minimum atomic E-state index is -0.0352.